The van der Waals surface area contributed by atoms with Crippen LogP contribution in [0.3, 0.4) is 0 Å². The number of aromatic nitrogens is 2. The molecule has 0 fully saturated rings. The zero-order chi connectivity index (χ0) is 22.3. The van der Waals surface area contributed by atoms with Gasteiger partial charge in [-0.1, -0.05) is 19.4 Å². The summed E-state index contributed by atoms with van der Waals surface area (Å²) in [5.41, 5.74) is 3.90. The summed E-state index contributed by atoms with van der Waals surface area (Å²) in [5.74, 6) is -2.61. The van der Waals surface area contributed by atoms with Crippen molar-refractivity contribution in [3.8, 4) is 0 Å². The average molecular weight is 422 g/mol. The van der Waals surface area contributed by atoms with E-state index in [1.807, 2.05) is 6.92 Å². The number of rotatable bonds is 9. The maximum absolute atomic E-state index is 13.8. The standard InChI is InChI=1S/C20H24F2N4O4/c1-3-4-10-26-18(23)17(19(28)24-20(26)29)25(11-12-30-2)16(27)9-8-13-14(21)6-5-7-15(13)22/h5-9H,3-4,10-12,23H2,1-2H3,(H,24,28,29)/b9-8+. The Hall–Kier alpha value is -3.27. The number of carbonyl (C=O) groups excluding carboxylic acids is 1. The fourth-order valence-corrected chi connectivity index (χ4v) is 2.81. The first-order chi connectivity index (χ1) is 14.3. The number of benzene rings is 1. The number of nitrogens with two attached hydrogens (primary N) is 1. The molecule has 8 nitrogen and oxygen atoms in total. The van der Waals surface area contributed by atoms with Gasteiger partial charge in [0.15, 0.2) is 5.69 Å². The third kappa shape index (κ3) is 5.20. The number of H-pyrrole nitrogens is 1. The summed E-state index contributed by atoms with van der Waals surface area (Å²) in [5, 5.41) is 0. The molecule has 30 heavy (non-hydrogen) atoms. The number of unbranched alkanes of at least 4 members (excludes halogenated alkanes) is 1. The van der Waals surface area contributed by atoms with Crippen LogP contribution in [0.25, 0.3) is 6.08 Å². The second-order valence-corrected chi connectivity index (χ2v) is 6.45. The van der Waals surface area contributed by atoms with E-state index in [0.717, 1.165) is 35.6 Å². The van der Waals surface area contributed by atoms with Crippen LogP contribution in [-0.4, -0.2) is 35.7 Å². The van der Waals surface area contributed by atoms with Crippen LogP contribution in [0.4, 0.5) is 20.3 Å². The van der Waals surface area contributed by atoms with Gasteiger partial charge in [0, 0.05) is 31.8 Å². The third-order valence-electron chi connectivity index (χ3n) is 4.40. The molecule has 0 aliphatic carbocycles. The molecule has 0 bridgehead atoms. The third-order valence-corrected chi connectivity index (χ3v) is 4.40. The molecule has 0 atom stereocenters. The number of nitrogens with one attached hydrogen (secondary N) is 1. The monoisotopic (exact) mass is 422 g/mol. The lowest BCUT2D eigenvalue weighted by Gasteiger charge is -2.23. The summed E-state index contributed by atoms with van der Waals surface area (Å²) in [6.07, 6.45) is 3.32. The van der Waals surface area contributed by atoms with Gasteiger partial charge in [-0.25, -0.2) is 13.6 Å². The Labute approximate surface area is 171 Å². The minimum Gasteiger partial charge on any atom is -0.383 e. The SMILES string of the molecule is CCCCn1c(N)c(N(CCOC)C(=O)/C=C/c2c(F)cccc2F)c(=O)[nH]c1=O. The summed E-state index contributed by atoms with van der Waals surface area (Å²) in [6.45, 7) is 2.17. The summed E-state index contributed by atoms with van der Waals surface area (Å²) in [7, 11) is 1.41. The first-order valence-electron chi connectivity index (χ1n) is 9.36. The molecule has 1 aromatic heterocycles. The molecule has 0 unspecified atom stereocenters. The predicted molar refractivity (Wildman–Crippen MR) is 110 cm³/mol. The largest absolute Gasteiger partial charge is 0.383 e. The molecular weight excluding hydrogens is 398 g/mol. The van der Waals surface area contributed by atoms with Crippen molar-refractivity contribution < 1.29 is 18.3 Å². The van der Waals surface area contributed by atoms with Crippen molar-refractivity contribution in [2.24, 2.45) is 0 Å². The summed E-state index contributed by atoms with van der Waals surface area (Å²) in [6, 6.07) is 3.32. The maximum atomic E-state index is 13.8. The highest BCUT2D eigenvalue weighted by molar-refractivity contribution is 6.05. The number of hydrogen-bond donors (Lipinski definition) is 2. The second-order valence-electron chi connectivity index (χ2n) is 6.45. The van der Waals surface area contributed by atoms with Crippen LogP contribution in [0, 0.1) is 11.6 Å². The van der Waals surface area contributed by atoms with Crippen LogP contribution in [0.2, 0.25) is 0 Å². The molecule has 1 amide bonds. The molecule has 0 aliphatic rings. The van der Waals surface area contributed by atoms with Gasteiger partial charge in [-0.15, -0.1) is 0 Å². The number of nitrogens with zero attached hydrogens (tertiary/aromatic N) is 2. The normalized spacial score (nSPS) is 11.2. The van der Waals surface area contributed by atoms with E-state index in [0.29, 0.717) is 6.42 Å². The Bertz CT molecular complexity index is 1030. The van der Waals surface area contributed by atoms with Gasteiger partial charge in [-0.2, -0.15) is 0 Å². The molecule has 0 spiro atoms. The number of anilines is 2. The van der Waals surface area contributed by atoms with Gasteiger partial charge in [-0.05, 0) is 24.6 Å². The lowest BCUT2D eigenvalue weighted by molar-refractivity contribution is -0.114. The number of methoxy groups -OCH3 is 1. The van der Waals surface area contributed by atoms with E-state index in [1.54, 1.807) is 0 Å². The number of ether oxygens (including phenoxy) is 1. The lowest BCUT2D eigenvalue weighted by Crippen LogP contribution is -2.42. The van der Waals surface area contributed by atoms with Crippen molar-refractivity contribution in [1.29, 1.82) is 0 Å². The van der Waals surface area contributed by atoms with Crippen LogP contribution in [0.15, 0.2) is 33.9 Å². The number of amides is 1. The highest BCUT2D eigenvalue weighted by Crippen LogP contribution is 2.19. The van der Waals surface area contributed by atoms with E-state index in [9.17, 15) is 23.2 Å². The zero-order valence-electron chi connectivity index (χ0n) is 16.8. The van der Waals surface area contributed by atoms with Gasteiger partial charge < -0.3 is 10.5 Å². The fraction of sp³-hybridized carbons (Fsp3) is 0.350. The Morgan fingerprint density at radius 3 is 2.57 bits per heavy atom. The van der Waals surface area contributed by atoms with Crippen LogP contribution >= 0.6 is 0 Å². The molecule has 0 radical (unpaired) electrons. The van der Waals surface area contributed by atoms with Crippen LogP contribution in [-0.2, 0) is 16.1 Å². The predicted octanol–water partition coefficient (Wildman–Crippen LogP) is 1.89. The number of hydrogen-bond acceptors (Lipinski definition) is 5. The highest BCUT2D eigenvalue weighted by Gasteiger charge is 2.23. The summed E-state index contributed by atoms with van der Waals surface area (Å²) < 4.78 is 33.8. The Morgan fingerprint density at radius 2 is 1.97 bits per heavy atom. The Morgan fingerprint density at radius 1 is 1.30 bits per heavy atom. The molecule has 3 N–H and O–H groups in total. The number of nitrogen functional groups attached to an aromatic ring is 1. The van der Waals surface area contributed by atoms with Crippen molar-refractivity contribution in [2.45, 2.75) is 26.3 Å². The van der Waals surface area contributed by atoms with Crippen molar-refractivity contribution in [2.75, 3.05) is 30.9 Å². The minimum atomic E-state index is -0.847. The van der Waals surface area contributed by atoms with Crippen molar-refractivity contribution in [1.82, 2.24) is 9.55 Å². The molecule has 162 valence electrons. The Kier molecular flexibility index (Phi) is 8.05. The van der Waals surface area contributed by atoms with Gasteiger partial charge >= 0.3 is 5.69 Å². The molecule has 1 heterocycles. The van der Waals surface area contributed by atoms with Crippen LogP contribution in [0.5, 0.6) is 0 Å². The van der Waals surface area contributed by atoms with Crippen LogP contribution in [0.1, 0.15) is 25.3 Å². The van der Waals surface area contributed by atoms with Gasteiger partial charge in [0.2, 0.25) is 0 Å². The van der Waals surface area contributed by atoms with E-state index >= 15 is 0 Å². The maximum Gasteiger partial charge on any atom is 0.330 e. The van der Waals surface area contributed by atoms with Gasteiger partial charge in [0.1, 0.15) is 17.5 Å². The lowest BCUT2D eigenvalue weighted by atomic mass is 10.2. The first kappa shape index (κ1) is 23.0. The van der Waals surface area contributed by atoms with E-state index < -0.39 is 34.4 Å². The van der Waals surface area contributed by atoms with Crippen molar-refractivity contribution in [3.05, 3.63) is 62.3 Å². The van der Waals surface area contributed by atoms with Gasteiger partial charge in [0.25, 0.3) is 11.5 Å². The van der Waals surface area contributed by atoms with E-state index in [4.69, 9.17) is 10.5 Å². The zero-order valence-corrected chi connectivity index (χ0v) is 16.8. The topological polar surface area (TPSA) is 110 Å². The Balaban J connectivity index is 2.49. The minimum absolute atomic E-state index is 0.0562. The molecule has 10 heteroatoms. The fourth-order valence-electron chi connectivity index (χ4n) is 2.81. The highest BCUT2D eigenvalue weighted by atomic mass is 19.1. The molecule has 0 saturated carbocycles. The summed E-state index contributed by atoms with van der Waals surface area (Å²) in [4.78, 5) is 40.5. The number of aromatic amines is 1. The molecule has 2 aromatic rings. The van der Waals surface area contributed by atoms with E-state index in [2.05, 4.69) is 4.98 Å². The quantitative estimate of drug-likeness (QED) is 0.600. The van der Waals surface area contributed by atoms with Crippen molar-refractivity contribution in [3.63, 3.8) is 0 Å². The smallest absolute Gasteiger partial charge is 0.330 e. The van der Waals surface area contributed by atoms with Gasteiger partial charge in [0.05, 0.1) is 6.61 Å². The molecule has 1 aromatic carbocycles. The summed E-state index contributed by atoms with van der Waals surface area (Å²) >= 11 is 0. The molecule has 2 rings (SSSR count). The molecule has 0 saturated heterocycles. The molecular formula is C20H24F2N4O4. The second kappa shape index (κ2) is 10.5. The first-order valence-corrected chi connectivity index (χ1v) is 9.36. The number of carbonyl (C=O) groups is 1. The van der Waals surface area contributed by atoms with E-state index in [1.165, 1.54) is 17.7 Å². The van der Waals surface area contributed by atoms with E-state index in [-0.39, 0.29) is 31.2 Å². The van der Waals surface area contributed by atoms with Gasteiger partial charge in [-0.3, -0.25) is 24.0 Å². The molecule has 0 aliphatic heterocycles. The van der Waals surface area contributed by atoms with Crippen LogP contribution < -0.4 is 21.9 Å². The van der Waals surface area contributed by atoms with Crippen molar-refractivity contribution >= 4 is 23.5 Å². The average Bonchev–Trinajstić information content (AvgIpc) is 2.69. The number of halogens is 2.